The monoisotopic (exact) mass is 402 g/mol. The molecular weight excluding hydrogens is 383 g/mol. The molecule has 2 heterocycles. The Balaban J connectivity index is 1.28. The third-order valence-electron chi connectivity index (χ3n) is 4.34. The number of nitrogens with zero attached hydrogens (tertiary/aromatic N) is 2. The predicted octanol–water partition coefficient (Wildman–Crippen LogP) is 4.52. The van der Waals surface area contributed by atoms with Crippen LogP contribution in [0.5, 0.6) is 0 Å². The van der Waals surface area contributed by atoms with E-state index >= 15 is 0 Å². The maximum atomic E-state index is 13.3. The second-order valence-corrected chi connectivity index (χ2v) is 8.73. The van der Waals surface area contributed by atoms with Crippen LogP contribution in [0, 0.1) is 5.82 Å². The molecule has 3 aromatic rings. The maximum absolute atomic E-state index is 13.3. The molecule has 0 aliphatic carbocycles. The zero-order chi connectivity index (χ0) is 18.8. The molecule has 0 amide bonds. The molecular formula is C20H19FN2O2S2. The Labute approximate surface area is 165 Å². The molecule has 1 saturated heterocycles. The van der Waals surface area contributed by atoms with Gasteiger partial charge in [-0.05, 0) is 41.6 Å². The van der Waals surface area contributed by atoms with Crippen LogP contribution < -0.4 is 4.90 Å². The average molecular weight is 403 g/mol. The van der Waals surface area contributed by atoms with Gasteiger partial charge in [0.05, 0.1) is 29.7 Å². The molecule has 0 radical (unpaired) electrons. The lowest BCUT2D eigenvalue weighted by Gasteiger charge is -2.38. The van der Waals surface area contributed by atoms with Crippen molar-refractivity contribution in [3.8, 4) is 0 Å². The third kappa shape index (κ3) is 4.25. The van der Waals surface area contributed by atoms with Gasteiger partial charge in [-0.15, -0.1) is 11.8 Å². The number of aromatic nitrogens is 1. The van der Waals surface area contributed by atoms with E-state index in [1.165, 1.54) is 28.4 Å². The number of anilines is 1. The first-order valence-corrected chi connectivity index (χ1v) is 10.6. The molecule has 7 heteroatoms. The molecule has 1 aromatic heterocycles. The van der Waals surface area contributed by atoms with Crippen LogP contribution in [0.25, 0.3) is 10.2 Å². The molecule has 0 N–H and O–H groups in total. The Hall–Kier alpha value is -2.12. The highest BCUT2D eigenvalue weighted by molar-refractivity contribution is 7.99. The highest BCUT2D eigenvalue weighted by Crippen LogP contribution is 2.32. The van der Waals surface area contributed by atoms with Gasteiger partial charge in [0.1, 0.15) is 11.9 Å². The Morgan fingerprint density at radius 3 is 2.81 bits per heavy atom. The lowest BCUT2D eigenvalue weighted by atomic mass is 10.1. The fourth-order valence-corrected chi connectivity index (χ4v) is 4.63. The van der Waals surface area contributed by atoms with E-state index < -0.39 is 0 Å². The number of benzene rings is 2. The van der Waals surface area contributed by atoms with Gasteiger partial charge in [-0.2, -0.15) is 0 Å². The normalized spacial score (nSPS) is 14.4. The van der Waals surface area contributed by atoms with E-state index in [2.05, 4.69) is 16.8 Å². The molecule has 0 saturated carbocycles. The van der Waals surface area contributed by atoms with Crippen molar-refractivity contribution in [3.05, 3.63) is 53.8 Å². The minimum atomic E-state index is -0.255. The Kier molecular flexibility index (Phi) is 5.31. The SMILES string of the molecule is CCSc1ccc(CC(=O)OC2CN(c3nc4ccc(F)cc4s3)C2)cc1. The predicted molar refractivity (Wildman–Crippen MR) is 108 cm³/mol. The second-order valence-electron chi connectivity index (χ2n) is 6.38. The van der Waals surface area contributed by atoms with Gasteiger partial charge in [0.2, 0.25) is 0 Å². The first-order valence-electron chi connectivity index (χ1n) is 8.83. The summed E-state index contributed by atoms with van der Waals surface area (Å²) in [5.74, 6) is 0.569. The van der Waals surface area contributed by atoms with E-state index in [9.17, 15) is 9.18 Å². The number of thioether (sulfide) groups is 1. The molecule has 1 aliphatic heterocycles. The van der Waals surface area contributed by atoms with Crippen molar-refractivity contribution >= 4 is 44.4 Å². The van der Waals surface area contributed by atoms with Gasteiger partial charge < -0.3 is 9.64 Å². The highest BCUT2D eigenvalue weighted by Gasteiger charge is 2.32. The molecule has 0 atom stereocenters. The third-order valence-corrected chi connectivity index (χ3v) is 6.31. The van der Waals surface area contributed by atoms with Crippen LogP contribution in [0.15, 0.2) is 47.4 Å². The number of esters is 1. The molecule has 2 aromatic carbocycles. The van der Waals surface area contributed by atoms with Gasteiger partial charge in [-0.3, -0.25) is 4.79 Å². The van der Waals surface area contributed by atoms with E-state index in [1.54, 1.807) is 17.8 Å². The van der Waals surface area contributed by atoms with Gasteiger partial charge in [-0.25, -0.2) is 9.37 Å². The number of halogens is 1. The van der Waals surface area contributed by atoms with Gasteiger partial charge in [0, 0.05) is 4.90 Å². The average Bonchev–Trinajstić information content (AvgIpc) is 3.02. The first-order chi connectivity index (χ1) is 13.1. The summed E-state index contributed by atoms with van der Waals surface area (Å²) >= 11 is 3.24. The van der Waals surface area contributed by atoms with Crippen LogP contribution in [0.4, 0.5) is 9.52 Å². The fraction of sp³-hybridized carbons (Fsp3) is 0.300. The van der Waals surface area contributed by atoms with E-state index in [-0.39, 0.29) is 24.3 Å². The summed E-state index contributed by atoms with van der Waals surface area (Å²) in [6.45, 7) is 3.37. The van der Waals surface area contributed by atoms with Gasteiger partial charge in [-0.1, -0.05) is 30.4 Å². The van der Waals surface area contributed by atoms with Crippen LogP contribution >= 0.6 is 23.1 Å². The van der Waals surface area contributed by atoms with Crippen LogP contribution in [-0.4, -0.2) is 35.9 Å². The molecule has 0 spiro atoms. The smallest absolute Gasteiger partial charge is 0.310 e. The van der Waals surface area contributed by atoms with Crippen molar-refractivity contribution in [2.45, 2.75) is 24.3 Å². The highest BCUT2D eigenvalue weighted by atomic mass is 32.2. The number of ether oxygens (including phenoxy) is 1. The maximum Gasteiger partial charge on any atom is 0.310 e. The molecule has 0 unspecified atom stereocenters. The van der Waals surface area contributed by atoms with E-state index in [4.69, 9.17) is 4.74 Å². The molecule has 27 heavy (non-hydrogen) atoms. The number of thiazole rings is 1. The van der Waals surface area contributed by atoms with Crippen molar-refractivity contribution < 1.29 is 13.9 Å². The summed E-state index contributed by atoms with van der Waals surface area (Å²) in [5, 5.41) is 0.840. The number of carbonyl (C=O) groups excluding carboxylic acids is 1. The minimum absolute atomic E-state index is 0.115. The zero-order valence-corrected chi connectivity index (χ0v) is 16.5. The molecule has 0 bridgehead atoms. The minimum Gasteiger partial charge on any atom is -0.458 e. The summed E-state index contributed by atoms with van der Waals surface area (Å²) in [6, 6.07) is 12.6. The lowest BCUT2D eigenvalue weighted by molar-refractivity contribution is -0.149. The second kappa shape index (κ2) is 7.86. The van der Waals surface area contributed by atoms with E-state index in [1.807, 2.05) is 24.3 Å². The largest absolute Gasteiger partial charge is 0.458 e. The van der Waals surface area contributed by atoms with Crippen LogP contribution in [0.1, 0.15) is 12.5 Å². The number of rotatable bonds is 6. The number of hydrogen-bond acceptors (Lipinski definition) is 6. The van der Waals surface area contributed by atoms with Crippen LogP contribution in [0.2, 0.25) is 0 Å². The Morgan fingerprint density at radius 2 is 2.07 bits per heavy atom. The van der Waals surface area contributed by atoms with Crippen molar-refractivity contribution in [3.63, 3.8) is 0 Å². The quantitative estimate of drug-likeness (QED) is 0.448. The Morgan fingerprint density at radius 1 is 1.30 bits per heavy atom. The molecule has 1 fully saturated rings. The van der Waals surface area contributed by atoms with E-state index in [0.29, 0.717) is 13.1 Å². The number of fused-ring (bicyclic) bond motifs is 1. The van der Waals surface area contributed by atoms with Crippen molar-refractivity contribution in [1.29, 1.82) is 0 Å². The van der Waals surface area contributed by atoms with Crippen molar-refractivity contribution in [1.82, 2.24) is 4.98 Å². The lowest BCUT2D eigenvalue weighted by Crippen LogP contribution is -2.53. The fourth-order valence-electron chi connectivity index (χ4n) is 2.95. The summed E-state index contributed by atoms with van der Waals surface area (Å²) in [7, 11) is 0. The molecule has 4 rings (SSSR count). The molecule has 140 valence electrons. The van der Waals surface area contributed by atoms with Crippen LogP contribution in [0.3, 0.4) is 0 Å². The van der Waals surface area contributed by atoms with Gasteiger partial charge in [0.25, 0.3) is 0 Å². The van der Waals surface area contributed by atoms with Crippen LogP contribution in [-0.2, 0) is 16.0 Å². The van der Waals surface area contributed by atoms with Gasteiger partial charge >= 0.3 is 5.97 Å². The van der Waals surface area contributed by atoms with Gasteiger partial charge in [0.15, 0.2) is 5.13 Å². The molecule has 1 aliphatic rings. The summed E-state index contributed by atoms with van der Waals surface area (Å²) in [5.41, 5.74) is 1.76. The Bertz CT molecular complexity index is 952. The summed E-state index contributed by atoms with van der Waals surface area (Å²) in [4.78, 5) is 19.9. The first kappa shape index (κ1) is 18.3. The van der Waals surface area contributed by atoms with E-state index in [0.717, 1.165) is 26.7 Å². The van der Waals surface area contributed by atoms with Crippen molar-refractivity contribution in [2.75, 3.05) is 23.7 Å². The molecule has 4 nitrogen and oxygen atoms in total. The topological polar surface area (TPSA) is 42.4 Å². The number of carbonyl (C=O) groups is 1. The zero-order valence-electron chi connectivity index (χ0n) is 14.9. The van der Waals surface area contributed by atoms with Crippen molar-refractivity contribution in [2.24, 2.45) is 0 Å². The number of hydrogen-bond donors (Lipinski definition) is 0. The standard InChI is InChI=1S/C20H19FN2O2S2/c1-2-26-16-6-3-13(4-7-16)9-19(24)25-15-11-23(12-15)20-22-17-8-5-14(21)10-18(17)27-20/h3-8,10,15H,2,9,11-12H2,1H3. The summed E-state index contributed by atoms with van der Waals surface area (Å²) < 4.78 is 19.7. The summed E-state index contributed by atoms with van der Waals surface area (Å²) in [6.07, 6.45) is 0.171.